The van der Waals surface area contributed by atoms with Gasteiger partial charge in [0, 0.05) is 36.6 Å². The fraction of sp³-hybridized carbons (Fsp3) is 0.286. The molecule has 340 valence electrons. The molecule has 16 heteroatoms. The zero-order valence-corrected chi connectivity index (χ0v) is 37.4. The van der Waals surface area contributed by atoms with Gasteiger partial charge in [0.05, 0.1) is 46.9 Å². The maximum atomic E-state index is 13.4. The van der Waals surface area contributed by atoms with Crippen LogP contribution in [0.4, 0.5) is 5.13 Å². The van der Waals surface area contributed by atoms with Crippen LogP contribution in [0.15, 0.2) is 134 Å². The summed E-state index contributed by atoms with van der Waals surface area (Å²) in [6.07, 6.45) is 9.20. The van der Waals surface area contributed by atoms with Crippen molar-refractivity contribution in [3.63, 3.8) is 0 Å². The van der Waals surface area contributed by atoms with Gasteiger partial charge >= 0.3 is 29.8 Å². The summed E-state index contributed by atoms with van der Waals surface area (Å²) in [7, 11) is 0. The molecule has 5 rings (SSSR count). The van der Waals surface area contributed by atoms with E-state index in [1.165, 1.54) is 17.6 Å². The first-order chi connectivity index (χ1) is 31.0. The highest BCUT2D eigenvalue weighted by atomic mass is 32.1. The fourth-order valence-corrected chi connectivity index (χ4v) is 7.40. The first-order valence-corrected chi connectivity index (χ1v) is 21.3. The van der Waals surface area contributed by atoms with Crippen molar-refractivity contribution in [3.8, 4) is 11.5 Å². The van der Waals surface area contributed by atoms with E-state index in [0.717, 1.165) is 34.0 Å². The molecule has 2 unspecified atom stereocenters. The lowest BCUT2D eigenvalue weighted by atomic mass is 9.92. The summed E-state index contributed by atoms with van der Waals surface area (Å²) in [4.78, 5) is 66.0. The van der Waals surface area contributed by atoms with E-state index in [1.807, 2.05) is 38.1 Å². The topological polar surface area (TPSA) is 187 Å². The average molecular weight is 906 g/mol. The minimum atomic E-state index is -0.896. The van der Waals surface area contributed by atoms with E-state index in [2.05, 4.69) is 35.2 Å². The maximum absolute atomic E-state index is 13.4. The highest BCUT2D eigenvalue weighted by Gasteiger charge is 2.33. The van der Waals surface area contributed by atoms with Gasteiger partial charge in [-0.05, 0) is 94.3 Å². The third-order valence-electron chi connectivity index (χ3n) is 9.26. The number of hydrogen-bond acceptors (Lipinski definition) is 16. The smallest absolute Gasteiger partial charge is 0.343 e. The average Bonchev–Trinajstić information content (AvgIpc) is 3.70. The summed E-state index contributed by atoms with van der Waals surface area (Å²) in [5.41, 5.74) is 4.13. The normalized spacial score (nSPS) is 14.1. The van der Waals surface area contributed by atoms with Gasteiger partial charge in [0.25, 0.3) is 0 Å². The lowest BCUT2D eigenvalue weighted by Gasteiger charge is -2.34. The van der Waals surface area contributed by atoms with Crippen molar-refractivity contribution in [2.75, 3.05) is 25.2 Å². The van der Waals surface area contributed by atoms with Crippen molar-refractivity contribution in [2.24, 2.45) is 5.10 Å². The highest BCUT2D eigenvalue weighted by Crippen LogP contribution is 2.30. The van der Waals surface area contributed by atoms with Crippen molar-refractivity contribution in [2.45, 2.75) is 70.4 Å². The number of hydrazone groups is 1. The number of esters is 5. The number of anilines is 1. The Morgan fingerprint density at radius 1 is 0.877 bits per heavy atom. The third-order valence-corrected chi connectivity index (χ3v) is 10.2. The lowest BCUT2D eigenvalue weighted by Crippen LogP contribution is -2.40. The second-order valence-corrected chi connectivity index (χ2v) is 16.7. The van der Waals surface area contributed by atoms with Crippen LogP contribution in [0, 0.1) is 0 Å². The molecule has 0 aliphatic heterocycles. The number of nitrogens with one attached hydrogen (secondary N) is 1. The van der Waals surface area contributed by atoms with Gasteiger partial charge in [-0.25, -0.2) is 29.0 Å². The van der Waals surface area contributed by atoms with Gasteiger partial charge in [-0.1, -0.05) is 61.4 Å². The quantitative estimate of drug-likeness (QED) is 0.0187. The molecule has 0 bridgehead atoms. The fourth-order valence-electron chi connectivity index (χ4n) is 6.59. The van der Waals surface area contributed by atoms with Crippen LogP contribution in [-0.4, -0.2) is 84.3 Å². The molecular formula is C49H51N3O12S. The number of para-hydroxylation sites is 1. The van der Waals surface area contributed by atoms with E-state index in [-0.39, 0.29) is 31.1 Å². The van der Waals surface area contributed by atoms with Gasteiger partial charge in [0.1, 0.15) is 29.3 Å². The molecule has 3 aromatic carbocycles. The minimum absolute atomic E-state index is 0.0562. The SMILES string of the molecule is C=CC(=O)OCC(COC1C=CC(C(=O)Oc2ccc(CCOC(=O)c3ccc(OC(C)(C)CC(C)(C)OC(=O)C=C)cc3)cc2/C=N/Nc2nc3ccccc3s2)=CC1)OC(=O)C=C. The van der Waals surface area contributed by atoms with Gasteiger partial charge in [0.15, 0.2) is 6.10 Å². The molecule has 0 saturated carbocycles. The summed E-state index contributed by atoms with van der Waals surface area (Å²) in [5.74, 6) is -2.29. The molecule has 1 aliphatic carbocycles. The first-order valence-electron chi connectivity index (χ1n) is 20.5. The number of thiazole rings is 1. The van der Waals surface area contributed by atoms with Crippen LogP contribution >= 0.6 is 11.3 Å². The Hall–Kier alpha value is -7.17. The predicted octanol–water partition coefficient (Wildman–Crippen LogP) is 8.20. The summed E-state index contributed by atoms with van der Waals surface area (Å²) in [6.45, 7) is 17.2. The number of fused-ring (bicyclic) bond motifs is 1. The number of benzene rings is 3. The number of carbonyl (C=O) groups is 5. The second-order valence-electron chi connectivity index (χ2n) is 15.7. The van der Waals surface area contributed by atoms with E-state index in [0.29, 0.717) is 41.3 Å². The number of aromatic nitrogens is 1. The number of rotatable bonds is 23. The van der Waals surface area contributed by atoms with Crippen molar-refractivity contribution in [1.82, 2.24) is 4.98 Å². The van der Waals surface area contributed by atoms with Crippen LogP contribution in [0.5, 0.6) is 11.5 Å². The van der Waals surface area contributed by atoms with Crippen molar-refractivity contribution < 1.29 is 57.1 Å². The van der Waals surface area contributed by atoms with Crippen molar-refractivity contribution >= 4 is 62.7 Å². The Kier molecular flexibility index (Phi) is 17.3. The van der Waals surface area contributed by atoms with E-state index >= 15 is 0 Å². The molecule has 0 spiro atoms. The molecular weight excluding hydrogens is 855 g/mol. The van der Waals surface area contributed by atoms with E-state index in [4.69, 9.17) is 33.2 Å². The number of carbonyl (C=O) groups excluding carboxylic acids is 5. The summed E-state index contributed by atoms with van der Waals surface area (Å²) in [5, 5.41) is 4.95. The standard InChI is InChI=1S/C49H51N3O12S/c1-8-42(53)60-30-38(61-43(54)9-2)29-59-36-20-16-34(17-21-36)46(57)62-40-24-15-32(27-35(40)28-50-52-47-51-39-13-11-12-14-41(39)65-47)25-26-58-45(56)33-18-22-37(23-19-33)63-48(4,5)31-49(6,7)64-44(55)10-3/h8-20,22-24,27-28,36,38H,1-3,21,25-26,29-31H2,4-7H3,(H,51,52)/b50-28+. The van der Waals surface area contributed by atoms with Gasteiger partial charge < -0.3 is 33.2 Å². The zero-order valence-electron chi connectivity index (χ0n) is 36.6. The lowest BCUT2D eigenvalue weighted by molar-refractivity contribution is -0.157. The monoisotopic (exact) mass is 905 g/mol. The maximum Gasteiger partial charge on any atom is 0.343 e. The number of ether oxygens (including phenoxy) is 7. The molecule has 1 N–H and O–H groups in total. The molecule has 1 heterocycles. The van der Waals surface area contributed by atoms with Gasteiger partial charge in [-0.3, -0.25) is 5.43 Å². The first kappa shape index (κ1) is 48.9. The Morgan fingerprint density at radius 2 is 1.62 bits per heavy atom. The van der Waals surface area contributed by atoms with Crippen molar-refractivity contribution in [3.05, 3.63) is 145 Å². The molecule has 2 atom stereocenters. The minimum Gasteiger partial charge on any atom is -0.488 e. The van der Waals surface area contributed by atoms with Gasteiger partial charge in [-0.2, -0.15) is 5.10 Å². The molecule has 0 radical (unpaired) electrons. The molecule has 0 saturated heterocycles. The molecule has 1 aliphatic rings. The third kappa shape index (κ3) is 15.5. The van der Waals surface area contributed by atoms with Crippen LogP contribution in [0.1, 0.15) is 62.0 Å². The molecule has 0 fully saturated rings. The Labute approximate surface area is 381 Å². The second kappa shape index (κ2) is 23.0. The summed E-state index contributed by atoms with van der Waals surface area (Å²) >= 11 is 1.43. The number of nitrogens with zero attached hydrogens (tertiary/aromatic N) is 2. The summed E-state index contributed by atoms with van der Waals surface area (Å²) in [6, 6.07) is 19.5. The Balaban J connectivity index is 1.20. The van der Waals surface area contributed by atoms with E-state index < -0.39 is 53.3 Å². The van der Waals surface area contributed by atoms with E-state index in [1.54, 1.807) is 74.5 Å². The molecule has 0 amide bonds. The van der Waals surface area contributed by atoms with Crippen LogP contribution in [0.2, 0.25) is 0 Å². The summed E-state index contributed by atoms with van der Waals surface area (Å²) < 4.78 is 40.2. The molecule has 65 heavy (non-hydrogen) atoms. The molecule has 1 aromatic heterocycles. The zero-order chi connectivity index (χ0) is 47.0. The van der Waals surface area contributed by atoms with Gasteiger partial charge in [0.2, 0.25) is 5.13 Å². The Bertz CT molecular complexity index is 2450. The molecule has 15 nitrogen and oxygen atoms in total. The predicted molar refractivity (Wildman–Crippen MR) is 246 cm³/mol. The highest BCUT2D eigenvalue weighted by molar-refractivity contribution is 7.22. The van der Waals surface area contributed by atoms with Crippen molar-refractivity contribution in [1.29, 1.82) is 0 Å². The number of hydrogen-bond donors (Lipinski definition) is 1. The van der Waals surface area contributed by atoms with Crippen LogP contribution in [0.25, 0.3) is 10.2 Å². The van der Waals surface area contributed by atoms with Crippen LogP contribution in [-0.2, 0) is 49.3 Å². The van der Waals surface area contributed by atoms with Crippen LogP contribution < -0.4 is 14.9 Å². The van der Waals surface area contributed by atoms with Crippen LogP contribution in [0.3, 0.4) is 0 Å². The largest absolute Gasteiger partial charge is 0.488 e. The Morgan fingerprint density at radius 3 is 2.31 bits per heavy atom. The molecule has 4 aromatic rings. The van der Waals surface area contributed by atoms with Gasteiger partial charge in [-0.15, -0.1) is 0 Å². The van der Waals surface area contributed by atoms with E-state index in [9.17, 15) is 24.0 Å².